The average molecular weight is 412 g/mol. The zero-order valence-electron chi connectivity index (χ0n) is 15.6. The van der Waals surface area contributed by atoms with Gasteiger partial charge in [-0.15, -0.1) is 0 Å². The topological polar surface area (TPSA) is 104 Å². The molecule has 0 fully saturated rings. The smallest absolute Gasteiger partial charge is 0.329 e. The fourth-order valence-corrected chi connectivity index (χ4v) is 3.07. The highest BCUT2D eigenvalue weighted by atomic mass is 19.3. The van der Waals surface area contributed by atoms with Gasteiger partial charge in [0.15, 0.2) is 17.1 Å². The SMILES string of the molecule is Cn1cc(-c2cc(F)c(=N)n(C(=N)C(F)(F)c3ccc4ncc(O)cc4c3)c2)cn1. The van der Waals surface area contributed by atoms with Crippen LogP contribution in [0.25, 0.3) is 22.0 Å². The number of aromatic nitrogens is 4. The summed E-state index contributed by atoms with van der Waals surface area (Å²) >= 11 is 0. The summed E-state index contributed by atoms with van der Waals surface area (Å²) in [5.74, 6) is -6.37. The van der Waals surface area contributed by atoms with E-state index in [1.165, 1.54) is 29.2 Å². The van der Waals surface area contributed by atoms with Crippen LogP contribution < -0.4 is 5.49 Å². The molecule has 0 radical (unpaired) electrons. The van der Waals surface area contributed by atoms with Crippen LogP contribution in [0.3, 0.4) is 0 Å². The molecule has 0 amide bonds. The molecular formula is C20H15F3N6O. The van der Waals surface area contributed by atoms with E-state index in [1.807, 2.05) is 0 Å². The van der Waals surface area contributed by atoms with Crippen LogP contribution in [0, 0.1) is 16.6 Å². The van der Waals surface area contributed by atoms with E-state index in [0.29, 0.717) is 15.6 Å². The molecule has 4 rings (SSSR count). The third-order valence-corrected chi connectivity index (χ3v) is 4.62. The molecule has 0 aliphatic carbocycles. The molecule has 0 spiro atoms. The van der Waals surface area contributed by atoms with Crippen molar-refractivity contribution in [1.29, 1.82) is 10.8 Å². The summed E-state index contributed by atoms with van der Waals surface area (Å²) in [5, 5.41) is 29.7. The van der Waals surface area contributed by atoms with Crippen LogP contribution in [-0.2, 0) is 13.0 Å². The molecule has 0 saturated carbocycles. The lowest BCUT2D eigenvalue weighted by molar-refractivity contribution is 0.0706. The van der Waals surface area contributed by atoms with Gasteiger partial charge in [-0.3, -0.25) is 25.1 Å². The van der Waals surface area contributed by atoms with Gasteiger partial charge in [0.2, 0.25) is 0 Å². The molecule has 3 N–H and O–H groups in total. The number of hydrogen-bond acceptors (Lipinski definition) is 5. The maximum atomic E-state index is 15.2. The molecule has 152 valence electrons. The second-order valence-corrected chi connectivity index (χ2v) is 6.72. The highest BCUT2D eigenvalue weighted by Crippen LogP contribution is 2.32. The predicted molar refractivity (Wildman–Crippen MR) is 103 cm³/mol. The van der Waals surface area contributed by atoms with Gasteiger partial charge < -0.3 is 5.11 Å². The third kappa shape index (κ3) is 3.21. The molecule has 10 heteroatoms. The zero-order chi connectivity index (χ0) is 21.6. The maximum Gasteiger partial charge on any atom is 0.329 e. The van der Waals surface area contributed by atoms with Crippen LogP contribution in [0.4, 0.5) is 13.2 Å². The number of nitrogens with zero attached hydrogens (tertiary/aromatic N) is 4. The molecule has 0 unspecified atom stereocenters. The number of halogens is 3. The molecule has 1 aromatic carbocycles. The van der Waals surface area contributed by atoms with E-state index in [1.54, 1.807) is 13.2 Å². The van der Waals surface area contributed by atoms with E-state index in [-0.39, 0.29) is 16.7 Å². The number of aromatic hydroxyl groups is 1. The summed E-state index contributed by atoms with van der Waals surface area (Å²) in [7, 11) is 1.65. The van der Waals surface area contributed by atoms with Crippen LogP contribution in [0.1, 0.15) is 5.56 Å². The van der Waals surface area contributed by atoms with Gasteiger partial charge in [-0.1, -0.05) is 6.07 Å². The van der Waals surface area contributed by atoms with E-state index < -0.39 is 28.6 Å². The lowest BCUT2D eigenvalue weighted by Gasteiger charge is -2.21. The van der Waals surface area contributed by atoms with Crippen molar-refractivity contribution in [3.05, 3.63) is 72.0 Å². The minimum absolute atomic E-state index is 0.188. The highest BCUT2D eigenvalue weighted by Gasteiger charge is 2.39. The van der Waals surface area contributed by atoms with Gasteiger partial charge in [-0.25, -0.2) is 4.39 Å². The minimum atomic E-state index is -3.85. The molecule has 7 nitrogen and oxygen atoms in total. The molecule has 0 atom stereocenters. The quantitative estimate of drug-likeness (QED) is 0.355. The van der Waals surface area contributed by atoms with Gasteiger partial charge in [-0.05, 0) is 24.3 Å². The van der Waals surface area contributed by atoms with Crippen molar-refractivity contribution in [1.82, 2.24) is 19.3 Å². The fraction of sp³-hybridized carbons (Fsp3) is 0.100. The third-order valence-electron chi connectivity index (χ3n) is 4.62. The van der Waals surface area contributed by atoms with Crippen LogP contribution in [0.15, 0.2) is 55.1 Å². The second kappa shape index (κ2) is 6.83. The van der Waals surface area contributed by atoms with Gasteiger partial charge in [0, 0.05) is 41.5 Å². The predicted octanol–water partition coefficient (Wildman–Crippen LogP) is 3.38. The molecule has 30 heavy (non-hydrogen) atoms. The first-order valence-corrected chi connectivity index (χ1v) is 8.69. The summed E-state index contributed by atoms with van der Waals surface area (Å²) < 4.78 is 46.6. The molecule has 3 heterocycles. The monoisotopic (exact) mass is 412 g/mol. The number of aryl methyl sites for hydroxylation is 1. The standard InChI is InChI=1S/C20H15F3N6O/c1-28-9-13(7-27-28)12-6-16(21)18(24)29(10-12)19(25)20(22,23)14-2-3-17-11(4-14)5-15(30)8-26-17/h2-10,24-25,30H,1H3. The molecule has 0 saturated heterocycles. The second-order valence-electron chi connectivity index (χ2n) is 6.72. The average Bonchev–Trinajstić information content (AvgIpc) is 3.15. The van der Waals surface area contributed by atoms with E-state index in [4.69, 9.17) is 10.8 Å². The van der Waals surface area contributed by atoms with E-state index in [9.17, 15) is 9.50 Å². The summed E-state index contributed by atoms with van der Waals surface area (Å²) in [6.45, 7) is 0. The zero-order valence-corrected chi connectivity index (χ0v) is 15.6. The van der Waals surface area contributed by atoms with Crippen molar-refractivity contribution >= 4 is 16.7 Å². The summed E-state index contributed by atoms with van der Waals surface area (Å²) in [5.41, 5.74) is -0.380. The number of hydrogen-bond donors (Lipinski definition) is 3. The van der Waals surface area contributed by atoms with E-state index >= 15 is 8.78 Å². The Hall–Kier alpha value is -3.95. The summed E-state index contributed by atoms with van der Waals surface area (Å²) in [6, 6.07) is 5.85. The molecule has 0 aliphatic rings. The Balaban J connectivity index is 1.81. The Morgan fingerprint density at radius 2 is 1.87 bits per heavy atom. The van der Waals surface area contributed by atoms with Gasteiger partial charge in [0.1, 0.15) is 5.75 Å². The van der Waals surface area contributed by atoms with Crippen molar-refractivity contribution in [3.63, 3.8) is 0 Å². The van der Waals surface area contributed by atoms with Gasteiger partial charge >= 0.3 is 5.92 Å². The van der Waals surface area contributed by atoms with Gasteiger partial charge in [-0.2, -0.15) is 13.9 Å². The van der Waals surface area contributed by atoms with E-state index in [2.05, 4.69) is 10.1 Å². The highest BCUT2D eigenvalue weighted by molar-refractivity contribution is 5.91. The van der Waals surface area contributed by atoms with Crippen molar-refractivity contribution in [2.75, 3.05) is 0 Å². The Morgan fingerprint density at radius 3 is 2.57 bits per heavy atom. The Bertz CT molecular complexity index is 1360. The van der Waals surface area contributed by atoms with Crippen molar-refractivity contribution in [2.45, 2.75) is 5.92 Å². The first-order chi connectivity index (χ1) is 14.2. The number of pyridine rings is 2. The first kappa shape index (κ1) is 19.4. The first-order valence-electron chi connectivity index (χ1n) is 8.69. The molecule has 4 aromatic rings. The Kier molecular flexibility index (Phi) is 4.41. The van der Waals surface area contributed by atoms with Gasteiger partial charge in [0.05, 0.1) is 17.9 Å². The lowest BCUT2D eigenvalue weighted by Crippen LogP contribution is -2.39. The van der Waals surface area contributed by atoms with Crippen LogP contribution >= 0.6 is 0 Å². The minimum Gasteiger partial charge on any atom is -0.506 e. The number of fused-ring (bicyclic) bond motifs is 1. The van der Waals surface area contributed by atoms with Crippen LogP contribution in [0.2, 0.25) is 0 Å². The van der Waals surface area contributed by atoms with Crippen molar-refractivity contribution in [3.8, 4) is 16.9 Å². The summed E-state index contributed by atoms with van der Waals surface area (Å²) in [6.07, 6.45) is 5.28. The number of alkyl halides is 2. The van der Waals surface area contributed by atoms with Crippen molar-refractivity contribution < 1.29 is 18.3 Å². The van der Waals surface area contributed by atoms with E-state index in [0.717, 1.165) is 24.4 Å². The Labute approximate surface area is 167 Å². The Morgan fingerprint density at radius 1 is 1.10 bits per heavy atom. The number of nitrogens with one attached hydrogen (secondary N) is 2. The normalized spacial score (nSPS) is 11.7. The van der Waals surface area contributed by atoms with Crippen LogP contribution in [-0.4, -0.2) is 30.3 Å². The summed E-state index contributed by atoms with van der Waals surface area (Å²) in [4.78, 5) is 3.94. The number of rotatable bonds is 3. The van der Waals surface area contributed by atoms with Crippen LogP contribution in [0.5, 0.6) is 5.75 Å². The fourth-order valence-electron chi connectivity index (χ4n) is 3.07. The molecule has 0 bridgehead atoms. The van der Waals surface area contributed by atoms with Crippen molar-refractivity contribution in [2.24, 2.45) is 7.05 Å². The van der Waals surface area contributed by atoms with Gasteiger partial charge in [0.25, 0.3) is 0 Å². The molecule has 0 aliphatic heterocycles. The molecule has 3 aromatic heterocycles. The maximum absolute atomic E-state index is 15.2. The largest absolute Gasteiger partial charge is 0.506 e. The number of benzene rings is 1. The molecular weight excluding hydrogens is 397 g/mol. The lowest BCUT2D eigenvalue weighted by atomic mass is 10.0.